The lowest BCUT2D eigenvalue weighted by Gasteiger charge is -2.28. The summed E-state index contributed by atoms with van der Waals surface area (Å²) in [6, 6.07) is 7.62. The number of para-hydroxylation sites is 2. The van der Waals surface area contributed by atoms with Gasteiger partial charge in [-0.15, -0.1) is 13.2 Å². The van der Waals surface area contributed by atoms with Crippen LogP contribution in [-0.4, -0.2) is 77.9 Å². The summed E-state index contributed by atoms with van der Waals surface area (Å²) >= 11 is 0. The van der Waals surface area contributed by atoms with Gasteiger partial charge in [-0.05, 0) is 26.2 Å². The summed E-state index contributed by atoms with van der Waals surface area (Å²) in [5.41, 5.74) is 0.816. The molecule has 0 bridgehead atoms. The average molecular weight is 531 g/mol. The maximum atomic E-state index is 12.8. The van der Waals surface area contributed by atoms with Crippen LogP contribution in [0.1, 0.15) is 28.9 Å². The van der Waals surface area contributed by atoms with Crippen molar-refractivity contribution in [1.29, 1.82) is 0 Å². The van der Waals surface area contributed by atoms with Crippen LogP contribution in [0.5, 0.6) is 5.75 Å². The Kier molecular flexibility index (Phi) is 8.49. The molecule has 0 aliphatic heterocycles. The number of ether oxygens (including phenoxy) is 1. The van der Waals surface area contributed by atoms with Crippen molar-refractivity contribution in [3.8, 4) is 11.4 Å². The first-order valence-corrected chi connectivity index (χ1v) is 12.8. The molecule has 3 heterocycles. The van der Waals surface area contributed by atoms with Crippen LogP contribution < -0.4 is 4.74 Å². The molecule has 206 valence electrons. The van der Waals surface area contributed by atoms with E-state index in [0.717, 1.165) is 30.2 Å². The fourth-order valence-corrected chi connectivity index (χ4v) is 4.87. The van der Waals surface area contributed by atoms with Crippen molar-refractivity contribution < 1.29 is 9.84 Å². The molecule has 0 saturated heterocycles. The molecule has 0 fully saturated rings. The molecule has 4 rings (SSSR count). The van der Waals surface area contributed by atoms with Crippen molar-refractivity contribution in [3.05, 3.63) is 103 Å². The van der Waals surface area contributed by atoms with Crippen LogP contribution >= 0.6 is 0 Å². The number of aliphatic hydroxyl groups is 1. The molecule has 0 saturated carbocycles. The number of rotatable bonds is 13. The van der Waals surface area contributed by atoms with Gasteiger partial charge in [0.1, 0.15) is 5.75 Å². The molecule has 0 atom stereocenters. The van der Waals surface area contributed by atoms with E-state index in [1.165, 1.54) is 0 Å². The molecule has 0 amide bonds. The number of methoxy groups -OCH3 is 1. The number of benzene rings is 1. The molecule has 0 spiro atoms. The summed E-state index contributed by atoms with van der Waals surface area (Å²) < 4.78 is 11.3. The molecule has 4 aromatic rings. The Morgan fingerprint density at radius 3 is 1.95 bits per heavy atom. The van der Waals surface area contributed by atoms with Gasteiger partial charge in [0, 0.05) is 65.1 Å². The molecular formula is C29H38N8O2. The molecule has 10 heteroatoms. The van der Waals surface area contributed by atoms with Gasteiger partial charge in [0.05, 0.1) is 24.2 Å². The van der Waals surface area contributed by atoms with E-state index in [1.54, 1.807) is 25.7 Å². The van der Waals surface area contributed by atoms with E-state index in [1.807, 2.05) is 84.5 Å². The zero-order valence-electron chi connectivity index (χ0n) is 23.4. The minimum Gasteiger partial charge on any atom is -0.495 e. The van der Waals surface area contributed by atoms with Gasteiger partial charge >= 0.3 is 0 Å². The molecule has 39 heavy (non-hydrogen) atoms. The lowest BCUT2D eigenvalue weighted by Crippen LogP contribution is -2.38. The standard InChI is InChI=1S/C29H38N8O2/c1-8-15-33(3)20-22-18-31-26(35(22)5)29(38,27-32-19-23(36(27)6)21-34(4)16-9-2)28-30-14-17-37(28)24-12-10-11-13-25(24)39-7/h8-14,17-19,38H,1-2,15-16,20-21H2,3-7H3. The maximum Gasteiger partial charge on any atom is 0.239 e. The highest BCUT2D eigenvalue weighted by Crippen LogP contribution is 2.37. The number of hydrogen-bond donors (Lipinski definition) is 1. The predicted octanol–water partition coefficient (Wildman–Crippen LogP) is 2.87. The largest absolute Gasteiger partial charge is 0.495 e. The van der Waals surface area contributed by atoms with Crippen LogP contribution in [0.3, 0.4) is 0 Å². The minimum absolute atomic E-state index is 0.353. The van der Waals surface area contributed by atoms with E-state index in [0.29, 0.717) is 36.3 Å². The quantitative estimate of drug-likeness (QED) is 0.266. The smallest absolute Gasteiger partial charge is 0.239 e. The number of hydrogen-bond acceptors (Lipinski definition) is 7. The van der Waals surface area contributed by atoms with Gasteiger partial charge in [-0.3, -0.25) is 14.4 Å². The zero-order chi connectivity index (χ0) is 28.2. The number of likely N-dealkylation sites (N-methyl/N-ethyl adjacent to an activating group) is 2. The van der Waals surface area contributed by atoms with Gasteiger partial charge in [0.15, 0.2) is 17.5 Å². The van der Waals surface area contributed by atoms with Crippen LogP contribution in [0.2, 0.25) is 0 Å². The first-order valence-electron chi connectivity index (χ1n) is 12.8. The molecule has 0 radical (unpaired) electrons. The Labute approximate surface area is 230 Å². The molecule has 1 aromatic carbocycles. The summed E-state index contributed by atoms with van der Waals surface area (Å²) in [7, 11) is 9.46. The first kappa shape index (κ1) is 28.0. The highest BCUT2D eigenvalue weighted by atomic mass is 16.5. The van der Waals surface area contributed by atoms with E-state index >= 15 is 0 Å². The SMILES string of the molecule is C=CCN(C)Cc1cnc(C(O)(c2nccn2-c2ccccc2OC)c2ncc(CN(C)CC=C)n2C)n1C. The first-order chi connectivity index (χ1) is 18.8. The molecule has 10 nitrogen and oxygen atoms in total. The fourth-order valence-electron chi connectivity index (χ4n) is 4.87. The topological polar surface area (TPSA) is 89.4 Å². The third kappa shape index (κ3) is 5.31. The Bertz CT molecular complexity index is 1370. The van der Waals surface area contributed by atoms with Crippen LogP contribution in [0.4, 0.5) is 0 Å². The summed E-state index contributed by atoms with van der Waals surface area (Å²) in [5.74, 6) is 1.82. The van der Waals surface area contributed by atoms with Crippen molar-refractivity contribution >= 4 is 0 Å². The van der Waals surface area contributed by atoms with E-state index < -0.39 is 5.60 Å². The van der Waals surface area contributed by atoms with E-state index in [-0.39, 0.29) is 0 Å². The lowest BCUT2D eigenvalue weighted by molar-refractivity contribution is 0.0873. The Morgan fingerprint density at radius 2 is 1.44 bits per heavy atom. The van der Waals surface area contributed by atoms with Crippen molar-refractivity contribution in [2.24, 2.45) is 14.1 Å². The summed E-state index contributed by atoms with van der Waals surface area (Å²) in [4.78, 5) is 18.4. The number of imidazole rings is 3. The van der Waals surface area contributed by atoms with Gasteiger partial charge in [0.25, 0.3) is 0 Å². The van der Waals surface area contributed by atoms with Gasteiger partial charge in [0.2, 0.25) is 5.60 Å². The average Bonchev–Trinajstić information content (AvgIpc) is 3.64. The number of nitrogens with zero attached hydrogens (tertiary/aromatic N) is 8. The van der Waals surface area contributed by atoms with Crippen molar-refractivity contribution in [3.63, 3.8) is 0 Å². The minimum atomic E-state index is -1.79. The molecule has 0 unspecified atom stereocenters. The highest BCUT2D eigenvalue weighted by Gasteiger charge is 2.46. The van der Waals surface area contributed by atoms with E-state index in [9.17, 15) is 5.11 Å². The summed E-state index contributed by atoms with van der Waals surface area (Å²) in [6.45, 7) is 10.4. The van der Waals surface area contributed by atoms with Crippen LogP contribution in [0, 0.1) is 0 Å². The normalized spacial score (nSPS) is 11.9. The second-order valence-electron chi connectivity index (χ2n) is 9.74. The van der Waals surface area contributed by atoms with E-state index in [4.69, 9.17) is 14.7 Å². The monoisotopic (exact) mass is 530 g/mol. The van der Waals surface area contributed by atoms with Crippen LogP contribution in [0.25, 0.3) is 5.69 Å². The molecule has 1 N–H and O–H groups in total. The molecule has 0 aliphatic carbocycles. The third-order valence-corrected chi connectivity index (χ3v) is 6.87. The van der Waals surface area contributed by atoms with Crippen molar-refractivity contribution in [1.82, 2.24) is 38.5 Å². The second kappa shape index (κ2) is 11.8. The third-order valence-electron chi connectivity index (χ3n) is 6.87. The van der Waals surface area contributed by atoms with E-state index in [2.05, 4.69) is 27.9 Å². The van der Waals surface area contributed by atoms with Crippen LogP contribution in [-0.2, 0) is 32.8 Å². The predicted molar refractivity (Wildman–Crippen MR) is 152 cm³/mol. The number of aromatic nitrogens is 6. The highest BCUT2D eigenvalue weighted by molar-refractivity contribution is 5.49. The van der Waals surface area contributed by atoms with Gasteiger partial charge in [-0.25, -0.2) is 15.0 Å². The van der Waals surface area contributed by atoms with Crippen molar-refractivity contribution in [2.75, 3.05) is 34.3 Å². The van der Waals surface area contributed by atoms with Crippen LogP contribution in [0.15, 0.2) is 74.4 Å². The molecule has 3 aromatic heterocycles. The Hall–Kier alpha value is -3.99. The molecular weight excluding hydrogens is 492 g/mol. The zero-order valence-corrected chi connectivity index (χ0v) is 23.4. The summed E-state index contributed by atoms with van der Waals surface area (Å²) in [6.07, 6.45) is 10.8. The second-order valence-corrected chi connectivity index (χ2v) is 9.74. The lowest BCUT2D eigenvalue weighted by atomic mass is 10.00. The fraction of sp³-hybridized carbons (Fsp3) is 0.345. The van der Waals surface area contributed by atoms with Crippen molar-refractivity contribution in [2.45, 2.75) is 18.7 Å². The maximum absolute atomic E-state index is 12.8. The summed E-state index contributed by atoms with van der Waals surface area (Å²) in [5, 5.41) is 12.8. The molecule has 0 aliphatic rings. The van der Waals surface area contributed by atoms with Gasteiger partial charge < -0.3 is 19.0 Å². The van der Waals surface area contributed by atoms with Gasteiger partial charge in [-0.2, -0.15) is 0 Å². The van der Waals surface area contributed by atoms with Gasteiger partial charge in [-0.1, -0.05) is 24.3 Å². The Balaban J connectivity index is 1.92. The Morgan fingerprint density at radius 1 is 0.897 bits per heavy atom.